The van der Waals surface area contributed by atoms with Crippen LogP contribution in [0.3, 0.4) is 0 Å². The molecule has 0 spiro atoms. The molecule has 3 aromatic carbocycles. The second-order valence-corrected chi connectivity index (χ2v) is 9.22. The van der Waals surface area contributed by atoms with Crippen molar-refractivity contribution in [3.63, 3.8) is 0 Å². The summed E-state index contributed by atoms with van der Waals surface area (Å²) in [5.74, 6) is -2.29. The average molecular weight is 527 g/mol. The summed E-state index contributed by atoms with van der Waals surface area (Å²) in [4.78, 5) is 13.5. The molecule has 0 unspecified atom stereocenters. The quantitative estimate of drug-likeness (QED) is 0.292. The first kappa shape index (κ1) is 26.4. The van der Waals surface area contributed by atoms with Gasteiger partial charge < -0.3 is 5.32 Å². The van der Waals surface area contributed by atoms with Crippen LogP contribution >= 0.6 is 35.8 Å². The van der Waals surface area contributed by atoms with E-state index in [0.29, 0.717) is 5.75 Å². The normalized spacial score (nSPS) is 12.9. The molecule has 3 nitrogen and oxygen atoms in total. The zero-order valence-electron chi connectivity index (χ0n) is 18.1. The third-order valence-corrected chi connectivity index (χ3v) is 7.20. The van der Waals surface area contributed by atoms with E-state index in [4.69, 9.17) is 11.6 Å². The molecular formula is C25H23Cl2F3N2OS. The minimum atomic E-state index is -1.08. The fraction of sp³-hybridized carbons (Fsp3) is 0.240. The number of thioether (sulfide) groups is 1. The average Bonchev–Trinajstić information content (AvgIpc) is 3.06. The maximum atomic E-state index is 14.4. The van der Waals surface area contributed by atoms with Gasteiger partial charge in [-0.2, -0.15) is 5.12 Å². The molecule has 0 aromatic heterocycles. The van der Waals surface area contributed by atoms with Gasteiger partial charge in [-0.05, 0) is 78.5 Å². The van der Waals surface area contributed by atoms with Crippen molar-refractivity contribution in [3.05, 3.63) is 99.1 Å². The Labute approximate surface area is 212 Å². The minimum Gasteiger partial charge on any atom is -0.316 e. The van der Waals surface area contributed by atoms with Crippen molar-refractivity contribution < 1.29 is 18.1 Å². The van der Waals surface area contributed by atoms with E-state index in [0.717, 1.165) is 53.5 Å². The first-order chi connectivity index (χ1) is 15.9. The van der Waals surface area contributed by atoms with Crippen LogP contribution in [0.15, 0.2) is 59.5 Å². The topological polar surface area (TPSA) is 32.3 Å². The fourth-order valence-electron chi connectivity index (χ4n) is 3.78. The van der Waals surface area contributed by atoms with Crippen molar-refractivity contribution in [2.45, 2.75) is 30.0 Å². The fourth-order valence-corrected chi connectivity index (χ4v) is 5.23. The molecule has 1 N–H and O–H groups in total. The van der Waals surface area contributed by atoms with E-state index in [-0.39, 0.29) is 28.7 Å². The van der Waals surface area contributed by atoms with Gasteiger partial charge in [-0.15, -0.1) is 24.2 Å². The van der Waals surface area contributed by atoms with Crippen molar-refractivity contribution in [1.29, 1.82) is 0 Å². The Kier molecular flexibility index (Phi) is 9.31. The zero-order chi connectivity index (χ0) is 23.4. The molecule has 0 saturated heterocycles. The third-order valence-electron chi connectivity index (χ3n) is 5.54. The molecule has 1 heterocycles. The van der Waals surface area contributed by atoms with Crippen molar-refractivity contribution >= 4 is 41.7 Å². The highest BCUT2D eigenvalue weighted by Gasteiger charge is 2.18. The molecule has 1 amide bonds. The monoisotopic (exact) mass is 526 g/mol. The van der Waals surface area contributed by atoms with Gasteiger partial charge in [0.25, 0.3) is 5.91 Å². The predicted molar refractivity (Wildman–Crippen MR) is 132 cm³/mol. The molecule has 0 bridgehead atoms. The van der Waals surface area contributed by atoms with Crippen LogP contribution in [0.1, 0.15) is 32.6 Å². The predicted octanol–water partition coefficient (Wildman–Crippen LogP) is 6.55. The number of nitrogens with one attached hydrogen (secondary N) is 1. The van der Waals surface area contributed by atoms with E-state index in [1.807, 2.05) is 6.07 Å². The van der Waals surface area contributed by atoms with Crippen LogP contribution in [0.25, 0.3) is 0 Å². The van der Waals surface area contributed by atoms with Crippen LogP contribution in [0.2, 0.25) is 5.02 Å². The minimum absolute atomic E-state index is 0. The van der Waals surface area contributed by atoms with Crippen LogP contribution in [-0.4, -0.2) is 24.1 Å². The lowest BCUT2D eigenvalue weighted by Crippen LogP contribution is -2.22. The van der Waals surface area contributed by atoms with Gasteiger partial charge in [0.05, 0.1) is 11.6 Å². The highest BCUT2D eigenvalue weighted by Crippen LogP contribution is 2.36. The second-order valence-electron chi connectivity index (χ2n) is 7.82. The highest BCUT2D eigenvalue weighted by molar-refractivity contribution is 7.98. The number of hydrogen-bond donors (Lipinski definition) is 1. The number of rotatable bonds is 6. The maximum absolute atomic E-state index is 14.4. The van der Waals surface area contributed by atoms with Crippen molar-refractivity contribution in [2.24, 2.45) is 0 Å². The molecule has 1 aliphatic heterocycles. The number of hydrogen-bond acceptors (Lipinski definition) is 3. The summed E-state index contributed by atoms with van der Waals surface area (Å²) in [5, 5.41) is 4.13. The number of carbonyl (C=O) groups is 1. The van der Waals surface area contributed by atoms with Crippen molar-refractivity contribution in [2.75, 3.05) is 13.1 Å². The molecule has 180 valence electrons. The van der Waals surface area contributed by atoms with E-state index < -0.39 is 24.1 Å². The smallest absolute Gasteiger partial charge is 0.281 e. The molecule has 0 saturated carbocycles. The van der Waals surface area contributed by atoms with Crippen LogP contribution in [0.4, 0.5) is 13.3 Å². The van der Waals surface area contributed by atoms with Gasteiger partial charge in [-0.3, -0.25) is 4.79 Å². The summed E-state index contributed by atoms with van der Waals surface area (Å²) in [7, 11) is 0. The summed E-state index contributed by atoms with van der Waals surface area (Å²) < 4.78 is 40.7. The molecular weight excluding hydrogens is 504 g/mol. The highest BCUT2D eigenvalue weighted by atomic mass is 35.5. The largest absolute Gasteiger partial charge is 0.316 e. The molecule has 9 heteroatoms. The second kappa shape index (κ2) is 12.0. The Balaban J connectivity index is 0.00000324. The summed E-state index contributed by atoms with van der Waals surface area (Å²) in [6.07, 6.45) is 1.90. The molecule has 0 radical (unpaired) electrons. The van der Waals surface area contributed by atoms with Gasteiger partial charge in [0.15, 0.2) is 11.6 Å². The molecule has 0 fully saturated rings. The van der Waals surface area contributed by atoms with E-state index in [1.165, 1.54) is 17.2 Å². The molecule has 0 aliphatic carbocycles. The third kappa shape index (κ3) is 6.27. The standard InChI is InChI=1S/C25H22ClF3N2OS.ClH/c26-21-7-6-18-9-11-30-12-10-20(18)24(21)33-15-16-1-4-19(5-2-16)25(32)31(29)14-17-3-8-22(27)23(28)13-17;/h1-8,13,30H,9-12,14-15H2;1H. The summed E-state index contributed by atoms with van der Waals surface area (Å²) in [5.41, 5.74) is 3.91. The Hall–Kier alpha value is -2.19. The summed E-state index contributed by atoms with van der Waals surface area (Å²) >= 11 is 8.14. The Morgan fingerprint density at radius 1 is 0.971 bits per heavy atom. The molecule has 3 aromatic rings. The lowest BCUT2D eigenvalue weighted by atomic mass is 10.0. The van der Waals surface area contributed by atoms with Crippen molar-refractivity contribution in [3.8, 4) is 0 Å². The van der Waals surface area contributed by atoms with Gasteiger partial charge in [-0.25, -0.2) is 8.78 Å². The van der Waals surface area contributed by atoms with Crippen LogP contribution in [0, 0.1) is 11.6 Å². The van der Waals surface area contributed by atoms with Gasteiger partial charge in [0.2, 0.25) is 0 Å². The van der Waals surface area contributed by atoms with E-state index >= 15 is 0 Å². The van der Waals surface area contributed by atoms with Crippen LogP contribution in [-0.2, 0) is 25.1 Å². The SMILES string of the molecule is Cl.O=C(c1ccc(CSc2c(Cl)ccc3c2CCNCC3)cc1)N(F)Cc1ccc(F)c(F)c1. The van der Waals surface area contributed by atoms with Gasteiger partial charge in [0, 0.05) is 16.2 Å². The molecule has 0 atom stereocenters. The first-order valence-electron chi connectivity index (χ1n) is 10.6. The Bertz CT molecular complexity index is 1160. The summed E-state index contributed by atoms with van der Waals surface area (Å²) in [6, 6.07) is 13.7. The zero-order valence-corrected chi connectivity index (χ0v) is 20.5. The van der Waals surface area contributed by atoms with Crippen LogP contribution < -0.4 is 5.32 Å². The Morgan fingerprint density at radius 3 is 2.41 bits per heavy atom. The van der Waals surface area contributed by atoms with E-state index in [1.54, 1.807) is 36.0 Å². The van der Waals surface area contributed by atoms with E-state index in [2.05, 4.69) is 11.4 Å². The number of nitrogens with zero attached hydrogens (tertiary/aromatic N) is 1. The lowest BCUT2D eigenvalue weighted by Gasteiger charge is -2.14. The first-order valence-corrected chi connectivity index (χ1v) is 11.9. The number of halogens is 5. The number of fused-ring (bicyclic) bond motifs is 1. The number of carbonyl (C=O) groups excluding carboxylic acids is 1. The number of amides is 1. The maximum Gasteiger partial charge on any atom is 0.281 e. The molecule has 34 heavy (non-hydrogen) atoms. The van der Waals surface area contributed by atoms with E-state index in [9.17, 15) is 18.1 Å². The Morgan fingerprint density at radius 2 is 1.68 bits per heavy atom. The van der Waals surface area contributed by atoms with Crippen LogP contribution in [0.5, 0.6) is 0 Å². The van der Waals surface area contributed by atoms with Gasteiger partial charge in [0.1, 0.15) is 0 Å². The number of benzene rings is 3. The molecule has 1 aliphatic rings. The van der Waals surface area contributed by atoms with Gasteiger partial charge in [-0.1, -0.05) is 40.3 Å². The van der Waals surface area contributed by atoms with Crippen molar-refractivity contribution in [1.82, 2.24) is 10.4 Å². The molecule has 4 rings (SSSR count). The lowest BCUT2D eigenvalue weighted by molar-refractivity contribution is 0.0148. The van der Waals surface area contributed by atoms with Gasteiger partial charge >= 0.3 is 0 Å². The summed E-state index contributed by atoms with van der Waals surface area (Å²) in [6.45, 7) is 1.40.